The third kappa shape index (κ3) is 7.34. The zero-order valence-corrected chi connectivity index (χ0v) is 14.2. The quantitative estimate of drug-likeness (QED) is 0.414. The van der Waals surface area contributed by atoms with Gasteiger partial charge in [-0.1, -0.05) is 0 Å². The molecular formula is C18H23F2N3O2. The summed E-state index contributed by atoms with van der Waals surface area (Å²) in [6.45, 7) is 2.29. The van der Waals surface area contributed by atoms with Crippen molar-refractivity contribution in [2.24, 2.45) is 4.99 Å². The Balaban J connectivity index is 1.57. The van der Waals surface area contributed by atoms with Crippen LogP contribution in [-0.2, 0) is 17.8 Å². The van der Waals surface area contributed by atoms with Crippen molar-refractivity contribution < 1.29 is 17.9 Å². The van der Waals surface area contributed by atoms with Gasteiger partial charge < -0.3 is 19.8 Å². The average molecular weight is 351 g/mol. The fraction of sp³-hybridized carbons (Fsp3) is 0.389. The second kappa shape index (κ2) is 10.5. The highest BCUT2D eigenvalue weighted by Gasteiger charge is 2.02. The summed E-state index contributed by atoms with van der Waals surface area (Å²) in [4.78, 5) is 4.10. The van der Waals surface area contributed by atoms with Gasteiger partial charge in [0.25, 0.3) is 0 Å². The monoisotopic (exact) mass is 351 g/mol. The Morgan fingerprint density at radius 2 is 1.92 bits per heavy atom. The van der Waals surface area contributed by atoms with Crippen LogP contribution >= 0.6 is 0 Å². The molecule has 7 heteroatoms. The maximum atomic E-state index is 13.1. The molecule has 0 aliphatic carbocycles. The predicted octanol–water partition coefficient (Wildman–Crippen LogP) is 2.87. The topological polar surface area (TPSA) is 58.8 Å². The van der Waals surface area contributed by atoms with Crippen LogP contribution < -0.4 is 10.6 Å². The van der Waals surface area contributed by atoms with E-state index in [2.05, 4.69) is 15.6 Å². The summed E-state index contributed by atoms with van der Waals surface area (Å²) in [6.07, 6.45) is 2.94. The Kier molecular flexibility index (Phi) is 7.91. The molecule has 1 aromatic heterocycles. The van der Waals surface area contributed by atoms with Crippen LogP contribution in [0.3, 0.4) is 0 Å². The summed E-state index contributed by atoms with van der Waals surface area (Å²) in [7, 11) is 1.67. The van der Waals surface area contributed by atoms with Gasteiger partial charge in [-0.2, -0.15) is 0 Å². The van der Waals surface area contributed by atoms with E-state index in [1.807, 2.05) is 12.1 Å². The highest BCUT2D eigenvalue weighted by molar-refractivity contribution is 5.79. The third-order valence-electron chi connectivity index (χ3n) is 3.43. The van der Waals surface area contributed by atoms with Crippen LogP contribution in [-0.4, -0.2) is 32.7 Å². The van der Waals surface area contributed by atoms with E-state index >= 15 is 0 Å². The minimum absolute atomic E-state index is 0.462. The second-order valence-corrected chi connectivity index (χ2v) is 5.44. The summed E-state index contributed by atoms with van der Waals surface area (Å²) in [5.74, 6) is 0.321. The molecule has 25 heavy (non-hydrogen) atoms. The van der Waals surface area contributed by atoms with E-state index in [1.54, 1.807) is 13.3 Å². The van der Waals surface area contributed by atoms with E-state index in [4.69, 9.17) is 9.15 Å². The minimum Gasteiger partial charge on any atom is -0.467 e. The van der Waals surface area contributed by atoms with Gasteiger partial charge in [0.15, 0.2) is 5.96 Å². The van der Waals surface area contributed by atoms with E-state index in [0.717, 1.165) is 18.2 Å². The number of nitrogens with zero attached hydrogens (tertiary/aromatic N) is 1. The SMILES string of the molecule is CN=C(NCCCOCc1ccco1)NCCc1cc(F)cc(F)c1. The first-order chi connectivity index (χ1) is 12.2. The van der Waals surface area contributed by atoms with Crippen LogP contribution in [0.25, 0.3) is 0 Å². The van der Waals surface area contributed by atoms with Crippen molar-refractivity contribution in [3.05, 3.63) is 59.6 Å². The van der Waals surface area contributed by atoms with Crippen molar-refractivity contribution in [3.63, 3.8) is 0 Å². The van der Waals surface area contributed by atoms with Crippen LogP contribution in [0, 0.1) is 11.6 Å². The van der Waals surface area contributed by atoms with Gasteiger partial charge in [0, 0.05) is 32.8 Å². The lowest BCUT2D eigenvalue weighted by atomic mass is 10.1. The standard InChI is InChI=1S/C18H23F2N3O2/c1-21-18(22-6-3-8-24-13-17-4-2-9-25-17)23-7-5-14-10-15(19)12-16(20)11-14/h2,4,9-12H,3,5-8,13H2,1H3,(H2,21,22,23). The van der Waals surface area contributed by atoms with Crippen LogP contribution in [0.4, 0.5) is 8.78 Å². The van der Waals surface area contributed by atoms with Crippen LogP contribution in [0.1, 0.15) is 17.7 Å². The zero-order chi connectivity index (χ0) is 17.9. The summed E-state index contributed by atoms with van der Waals surface area (Å²) in [5.41, 5.74) is 0.603. The first-order valence-corrected chi connectivity index (χ1v) is 8.17. The number of guanidine groups is 1. The molecule has 5 nitrogen and oxygen atoms in total. The molecule has 0 saturated heterocycles. The molecule has 0 aliphatic rings. The maximum absolute atomic E-state index is 13.1. The Bertz CT molecular complexity index is 640. The Morgan fingerprint density at radius 1 is 1.16 bits per heavy atom. The lowest BCUT2D eigenvalue weighted by Crippen LogP contribution is -2.39. The van der Waals surface area contributed by atoms with Gasteiger partial charge in [0.1, 0.15) is 24.0 Å². The maximum Gasteiger partial charge on any atom is 0.190 e. The number of benzene rings is 1. The number of aliphatic imine (C=N–C) groups is 1. The van der Waals surface area contributed by atoms with Crippen molar-refractivity contribution in [1.82, 2.24) is 10.6 Å². The molecule has 0 radical (unpaired) electrons. The Morgan fingerprint density at radius 3 is 2.60 bits per heavy atom. The molecular weight excluding hydrogens is 328 g/mol. The Labute approximate surface area is 146 Å². The third-order valence-corrected chi connectivity index (χ3v) is 3.43. The predicted molar refractivity (Wildman–Crippen MR) is 92.4 cm³/mol. The zero-order valence-electron chi connectivity index (χ0n) is 14.2. The van der Waals surface area contributed by atoms with Gasteiger partial charge in [-0.05, 0) is 42.7 Å². The van der Waals surface area contributed by atoms with Crippen molar-refractivity contribution in [2.75, 3.05) is 26.7 Å². The van der Waals surface area contributed by atoms with E-state index in [-0.39, 0.29) is 0 Å². The summed E-state index contributed by atoms with van der Waals surface area (Å²) in [5, 5.41) is 6.27. The largest absolute Gasteiger partial charge is 0.467 e. The van der Waals surface area contributed by atoms with Gasteiger partial charge in [-0.3, -0.25) is 4.99 Å². The summed E-state index contributed by atoms with van der Waals surface area (Å²) < 4.78 is 36.9. The molecule has 0 unspecified atom stereocenters. The number of ether oxygens (including phenoxy) is 1. The van der Waals surface area contributed by atoms with E-state index in [1.165, 1.54) is 12.1 Å². The summed E-state index contributed by atoms with van der Waals surface area (Å²) >= 11 is 0. The minimum atomic E-state index is -0.563. The van der Waals surface area contributed by atoms with Crippen LogP contribution in [0.15, 0.2) is 46.0 Å². The molecule has 0 atom stereocenters. The van der Waals surface area contributed by atoms with E-state index < -0.39 is 11.6 Å². The van der Waals surface area contributed by atoms with Crippen LogP contribution in [0.2, 0.25) is 0 Å². The lowest BCUT2D eigenvalue weighted by molar-refractivity contribution is 0.105. The molecule has 0 aliphatic heterocycles. The van der Waals surface area contributed by atoms with Crippen LogP contribution in [0.5, 0.6) is 0 Å². The lowest BCUT2D eigenvalue weighted by Gasteiger charge is -2.12. The number of hydrogen-bond donors (Lipinski definition) is 2. The van der Waals surface area contributed by atoms with Gasteiger partial charge in [-0.25, -0.2) is 8.78 Å². The molecule has 2 rings (SSSR count). The molecule has 0 bridgehead atoms. The highest BCUT2D eigenvalue weighted by atomic mass is 19.1. The first kappa shape index (κ1) is 18.9. The van der Waals surface area contributed by atoms with E-state index in [9.17, 15) is 8.78 Å². The number of rotatable bonds is 9. The molecule has 0 amide bonds. The molecule has 136 valence electrons. The van der Waals surface area contributed by atoms with Gasteiger partial charge in [0.2, 0.25) is 0 Å². The smallest absolute Gasteiger partial charge is 0.190 e. The molecule has 2 N–H and O–H groups in total. The fourth-order valence-corrected chi connectivity index (χ4v) is 2.25. The first-order valence-electron chi connectivity index (χ1n) is 8.17. The second-order valence-electron chi connectivity index (χ2n) is 5.44. The molecule has 0 saturated carbocycles. The summed E-state index contributed by atoms with van der Waals surface area (Å²) in [6, 6.07) is 7.22. The highest BCUT2D eigenvalue weighted by Crippen LogP contribution is 2.08. The van der Waals surface area contributed by atoms with E-state index in [0.29, 0.717) is 44.2 Å². The van der Waals surface area contributed by atoms with Crippen molar-refractivity contribution >= 4 is 5.96 Å². The molecule has 0 fully saturated rings. The van der Waals surface area contributed by atoms with Crippen molar-refractivity contribution in [2.45, 2.75) is 19.4 Å². The molecule has 2 aromatic rings. The number of hydrogen-bond acceptors (Lipinski definition) is 3. The molecule has 0 spiro atoms. The average Bonchev–Trinajstić information content (AvgIpc) is 3.08. The van der Waals surface area contributed by atoms with Gasteiger partial charge in [-0.15, -0.1) is 0 Å². The number of halogens is 2. The van der Waals surface area contributed by atoms with Gasteiger partial charge >= 0.3 is 0 Å². The number of nitrogens with one attached hydrogen (secondary N) is 2. The van der Waals surface area contributed by atoms with Crippen molar-refractivity contribution in [3.8, 4) is 0 Å². The number of furan rings is 1. The fourth-order valence-electron chi connectivity index (χ4n) is 2.25. The molecule has 1 heterocycles. The molecule has 1 aromatic carbocycles. The van der Waals surface area contributed by atoms with Gasteiger partial charge in [0.05, 0.1) is 6.26 Å². The van der Waals surface area contributed by atoms with Crippen molar-refractivity contribution in [1.29, 1.82) is 0 Å². The normalized spacial score (nSPS) is 11.6. The Hall–Kier alpha value is -2.41.